The van der Waals surface area contributed by atoms with Gasteiger partial charge < -0.3 is 9.84 Å². The van der Waals surface area contributed by atoms with E-state index >= 15 is 0 Å². The van der Waals surface area contributed by atoms with E-state index in [-0.39, 0.29) is 5.41 Å². The number of fused-ring (bicyclic) bond motifs is 1. The standard InChI is InChI=1S/C29H35NO2/c1-29(2,23-12-5-4-6-13-23)24-16-18-26(19-17-24)32-21-25(31)20-30(3)28-15-9-11-22-10-7-8-14-27(22)28/h4-8,10,12-14,16-19,25,28,31H,9,11,15,20-21H2,1-3H3/t25-,28+/m1/s1. The average molecular weight is 430 g/mol. The quantitative estimate of drug-likeness (QED) is 0.494. The van der Waals surface area contributed by atoms with Crippen LogP contribution in [-0.4, -0.2) is 36.3 Å². The summed E-state index contributed by atoms with van der Waals surface area (Å²) in [6.45, 7) is 5.36. The van der Waals surface area contributed by atoms with Gasteiger partial charge in [-0.15, -0.1) is 0 Å². The molecule has 3 aromatic carbocycles. The van der Waals surface area contributed by atoms with Crippen molar-refractivity contribution in [1.29, 1.82) is 0 Å². The Kier molecular flexibility index (Phi) is 6.98. The number of hydrogen-bond donors (Lipinski definition) is 1. The molecule has 0 aromatic heterocycles. The van der Waals surface area contributed by atoms with Crippen LogP contribution in [-0.2, 0) is 11.8 Å². The van der Waals surface area contributed by atoms with Crippen molar-refractivity contribution in [2.75, 3.05) is 20.2 Å². The minimum atomic E-state index is -0.533. The molecule has 0 spiro atoms. The van der Waals surface area contributed by atoms with Gasteiger partial charge in [-0.1, -0.05) is 80.6 Å². The molecule has 0 heterocycles. The van der Waals surface area contributed by atoms with Crippen molar-refractivity contribution in [3.05, 3.63) is 101 Å². The van der Waals surface area contributed by atoms with Gasteiger partial charge in [-0.05, 0) is 60.7 Å². The highest BCUT2D eigenvalue weighted by Gasteiger charge is 2.25. The first kappa shape index (κ1) is 22.6. The Morgan fingerprint density at radius 3 is 2.34 bits per heavy atom. The SMILES string of the molecule is CN(C[C@@H](O)COc1ccc(C(C)(C)c2ccccc2)cc1)[C@H]1CCCc2ccccc21. The van der Waals surface area contributed by atoms with Gasteiger partial charge in [-0.25, -0.2) is 0 Å². The first-order valence-electron chi connectivity index (χ1n) is 11.7. The van der Waals surface area contributed by atoms with Crippen molar-refractivity contribution in [3.8, 4) is 5.75 Å². The van der Waals surface area contributed by atoms with E-state index in [4.69, 9.17) is 4.74 Å². The maximum atomic E-state index is 10.6. The molecule has 0 bridgehead atoms. The number of nitrogens with zero attached hydrogens (tertiary/aromatic N) is 1. The molecule has 3 aromatic rings. The molecular weight excluding hydrogens is 394 g/mol. The van der Waals surface area contributed by atoms with Crippen LogP contribution < -0.4 is 4.74 Å². The van der Waals surface area contributed by atoms with E-state index in [0.717, 1.165) is 18.6 Å². The molecule has 1 aliphatic carbocycles. The third-order valence-corrected chi connectivity index (χ3v) is 6.88. The molecule has 32 heavy (non-hydrogen) atoms. The Hall–Kier alpha value is -2.62. The number of likely N-dealkylation sites (N-methyl/N-ethyl adjacent to an activating group) is 1. The zero-order valence-corrected chi connectivity index (χ0v) is 19.5. The van der Waals surface area contributed by atoms with Gasteiger partial charge in [0.2, 0.25) is 0 Å². The minimum absolute atomic E-state index is 0.0711. The minimum Gasteiger partial charge on any atom is -0.491 e. The summed E-state index contributed by atoms with van der Waals surface area (Å²) in [7, 11) is 2.11. The molecule has 0 fully saturated rings. The molecule has 4 rings (SSSR count). The highest BCUT2D eigenvalue weighted by Crippen LogP contribution is 2.34. The topological polar surface area (TPSA) is 32.7 Å². The summed E-state index contributed by atoms with van der Waals surface area (Å²) >= 11 is 0. The number of aryl methyl sites for hydroxylation is 1. The third-order valence-electron chi connectivity index (χ3n) is 6.88. The van der Waals surface area contributed by atoms with E-state index < -0.39 is 6.10 Å². The summed E-state index contributed by atoms with van der Waals surface area (Å²) in [5, 5.41) is 10.6. The van der Waals surface area contributed by atoms with Crippen LogP contribution in [0.5, 0.6) is 5.75 Å². The smallest absolute Gasteiger partial charge is 0.119 e. The predicted molar refractivity (Wildman–Crippen MR) is 131 cm³/mol. The van der Waals surface area contributed by atoms with Crippen LogP contribution in [0.3, 0.4) is 0 Å². The van der Waals surface area contributed by atoms with Crippen LogP contribution in [0.2, 0.25) is 0 Å². The van der Waals surface area contributed by atoms with E-state index in [2.05, 4.69) is 86.5 Å². The molecule has 0 unspecified atom stereocenters. The molecule has 0 saturated carbocycles. The van der Waals surface area contributed by atoms with Gasteiger partial charge in [0.15, 0.2) is 0 Å². The lowest BCUT2D eigenvalue weighted by Gasteiger charge is -2.34. The molecule has 3 heteroatoms. The molecule has 3 nitrogen and oxygen atoms in total. The summed E-state index contributed by atoms with van der Waals surface area (Å²) in [6, 6.07) is 27.9. The second-order valence-electron chi connectivity index (χ2n) is 9.53. The summed E-state index contributed by atoms with van der Waals surface area (Å²) < 4.78 is 5.92. The number of aliphatic hydroxyl groups is 1. The molecule has 2 atom stereocenters. The fraction of sp³-hybridized carbons (Fsp3) is 0.379. The zero-order valence-electron chi connectivity index (χ0n) is 19.5. The molecule has 168 valence electrons. The van der Waals surface area contributed by atoms with Crippen molar-refractivity contribution in [3.63, 3.8) is 0 Å². The Balaban J connectivity index is 1.32. The highest BCUT2D eigenvalue weighted by molar-refractivity contribution is 5.40. The number of hydrogen-bond acceptors (Lipinski definition) is 3. The lowest BCUT2D eigenvalue weighted by atomic mass is 9.78. The third kappa shape index (κ3) is 5.06. The zero-order chi connectivity index (χ0) is 22.6. The number of rotatable bonds is 8. The van der Waals surface area contributed by atoms with Crippen molar-refractivity contribution in [2.24, 2.45) is 0 Å². The summed E-state index contributed by atoms with van der Waals surface area (Å²) in [6.07, 6.45) is 2.96. The Bertz CT molecular complexity index is 997. The number of aliphatic hydroxyl groups excluding tert-OH is 1. The largest absolute Gasteiger partial charge is 0.491 e. The van der Waals surface area contributed by atoms with Gasteiger partial charge in [0, 0.05) is 18.0 Å². The lowest BCUT2D eigenvalue weighted by molar-refractivity contribution is 0.0598. The molecule has 0 saturated heterocycles. The van der Waals surface area contributed by atoms with Gasteiger partial charge >= 0.3 is 0 Å². The van der Waals surface area contributed by atoms with Crippen LogP contribution in [0.4, 0.5) is 0 Å². The maximum Gasteiger partial charge on any atom is 0.119 e. The van der Waals surface area contributed by atoms with E-state index in [1.165, 1.54) is 28.7 Å². The first-order valence-corrected chi connectivity index (χ1v) is 11.7. The number of ether oxygens (including phenoxy) is 1. The fourth-order valence-corrected chi connectivity index (χ4v) is 4.88. The molecule has 0 aliphatic heterocycles. The van der Waals surface area contributed by atoms with E-state index in [1.54, 1.807) is 0 Å². The second-order valence-corrected chi connectivity index (χ2v) is 9.53. The van der Waals surface area contributed by atoms with E-state index in [1.807, 2.05) is 18.2 Å². The monoisotopic (exact) mass is 429 g/mol. The average Bonchev–Trinajstić information content (AvgIpc) is 2.83. The van der Waals surface area contributed by atoms with Gasteiger partial charge in [-0.3, -0.25) is 4.90 Å². The van der Waals surface area contributed by atoms with Crippen LogP contribution in [0.1, 0.15) is 55.0 Å². The summed E-state index contributed by atoms with van der Waals surface area (Å²) in [4.78, 5) is 2.28. The van der Waals surface area contributed by atoms with Crippen molar-refractivity contribution in [1.82, 2.24) is 4.90 Å². The molecule has 1 aliphatic rings. The van der Waals surface area contributed by atoms with Crippen molar-refractivity contribution >= 4 is 0 Å². The lowest BCUT2D eigenvalue weighted by Crippen LogP contribution is -2.36. The normalized spacial score (nSPS) is 17.1. The van der Waals surface area contributed by atoms with Gasteiger partial charge in [0.1, 0.15) is 18.5 Å². The van der Waals surface area contributed by atoms with Crippen molar-refractivity contribution in [2.45, 2.75) is 50.7 Å². The molecule has 1 N–H and O–H groups in total. The number of benzene rings is 3. The van der Waals surface area contributed by atoms with Gasteiger partial charge in [0.25, 0.3) is 0 Å². The van der Waals surface area contributed by atoms with E-state index in [9.17, 15) is 5.11 Å². The second kappa shape index (κ2) is 9.89. The Morgan fingerprint density at radius 1 is 0.938 bits per heavy atom. The van der Waals surface area contributed by atoms with Gasteiger partial charge in [-0.2, -0.15) is 0 Å². The van der Waals surface area contributed by atoms with Crippen LogP contribution >= 0.6 is 0 Å². The Morgan fingerprint density at radius 2 is 1.59 bits per heavy atom. The van der Waals surface area contributed by atoms with Gasteiger partial charge in [0.05, 0.1) is 0 Å². The highest BCUT2D eigenvalue weighted by atomic mass is 16.5. The predicted octanol–water partition coefficient (Wildman–Crippen LogP) is 5.76. The first-order chi connectivity index (χ1) is 15.4. The van der Waals surface area contributed by atoms with Crippen LogP contribution in [0.15, 0.2) is 78.9 Å². The Labute approximate surface area is 192 Å². The fourth-order valence-electron chi connectivity index (χ4n) is 4.88. The summed E-state index contributed by atoms with van der Waals surface area (Å²) in [5.74, 6) is 0.794. The molecular formula is C29H35NO2. The molecule has 0 radical (unpaired) electrons. The van der Waals surface area contributed by atoms with Crippen LogP contribution in [0.25, 0.3) is 0 Å². The van der Waals surface area contributed by atoms with E-state index in [0.29, 0.717) is 19.2 Å². The summed E-state index contributed by atoms with van der Waals surface area (Å²) in [5.41, 5.74) is 5.31. The van der Waals surface area contributed by atoms with Crippen LogP contribution in [0, 0.1) is 0 Å². The van der Waals surface area contributed by atoms with Crippen molar-refractivity contribution < 1.29 is 9.84 Å². The maximum absolute atomic E-state index is 10.6. The molecule has 0 amide bonds.